The van der Waals surface area contributed by atoms with Gasteiger partial charge in [0.1, 0.15) is 0 Å². The van der Waals surface area contributed by atoms with Crippen molar-refractivity contribution in [2.45, 2.75) is 59.0 Å². The van der Waals surface area contributed by atoms with Crippen LogP contribution in [0.2, 0.25) is 0 Å². The van der Waals surface area contributed by atoms with Gasteiger partial charge in [-0.05, 0) is 50.9 Å². The lowest BCUT2D eigenvalue weighted by molar-refractivity contribution is 0.0170. The Morgan fingerprint density at radius 2 is 2.25 bits per heavy atom. The average Bonchev–Trinajstić information content (AvgIpc) is 3.21. The quantitative estimate of drug-likeness (QED) is 0.399. The molecule has 24 heavy (non-hydrogen) atoms. The molecular weight excluding hydrogens is 302 g/mol. The zero-order valence-electron chi connectivity index (χ0n) is 15.9. The van der Waals surface area contributed by atoms with E-state index in [-0.39, 0.29) is 0 Å². The smallest absolute Gasteiger partial charge is 0.193 e. The van der Waals surface area contributed by atoms with Crippen LogP contribution in [0.3, 0.4) is 0 Å². The molecule has 0 aliphatic carbocycles. The van der Waals surface area contributed by atoms with E-state index in [1.807, 2.05) is 0 Å². The summed E-state index contributed by atoms with van der Waals surface area (Å²) in [5.41, 5.74) is 0. The summed E-state index contributed by atoms with van der Waals surface area (Å²) in [6.45, 7) is 13.2. The molecule has 2 fully saturated rings. The summed E-state index contributed by atoms with van der Waals surface area (Å²) in [7, 11) is 0. The number of ether oxygens (including phenoxy) is 2. The van der Waals surface area contributed by atoms with Crippen molar-refractivity contribution in [2.24, 2.45) is 16.8 Å². The van der Waals surface area contributed by atoms with E-state index in [0.717, 1.165) is 76.6 Å². The fourth-order valence-electron chi connectivity index (χ4n) is 3.65. The van der Waals surface area contributed by atoms with E-state index in [1.165, 1.54) is 19.3 Å². The topological polar surface area (TPSA) is 46.1 Å². The normalized spacial score (nSPS) is 25.0. The highest BCUT2D eigenvalue weighted by molar-refractivity contribution is 5.80. The number of hydrogen-bond donors (Lipinski definition) is 1. The lowest BCUT2D eigenvalue weighted by Crippen LogP contribution is -2.40. The maximum atomic E-state index is 5.72. The van der Waals surface area contributed by atoms with Gasteiger partial charge in [-0.25, -0.2) is 0 Å². The van der Waals surface area contributed by atoms with E-state index in [9.17, 15) is 0 Å². The van der Waals surface area contributed by atoms with Crippen molar-refractivity contribution >= 4 is 5.96 Å². The molecule has 2 aliphatic rings. The number of likely N-dealkylation sites (tertiary alicyclic amines) is 1. The van der Waals surface area contributed by atoms with Crippen molar-refractivity contribution in [2.75, 3.05) is 46.0 Å². The molecule has 2 atom stereocenters. The Kier molecular flexibility index (Phi) is 8.89. The number of hydrogen-bond acceptors (Lipinski definition) is 3. The molecular formula is C19H37N3O2. The highest BCUT2D eigenvalue weighted by Crippen LogP contribution is 2.23. The molecule has 140 valence electrons. The summed E-state index contributed by atoms with van der Waals surface area (Å²) in [5.74, 6) is 2.70. The minimum atomic E-state index is 0.327. The van der Waals surface area contributed by atoms with Gasteiger partial charge in [-0.1, -0.05) is 13.8 Å². The largest absolute Gasteiger partial charge is 0.379 e. The highest BCUT2D eigenvalue weighted by atomic mass is 16.5. The monoisotopic (exact) mass is 339 g/mol. The van der Waals surface area contributed by atoms with Crippen LogP contribution in [-0.2, 0) is 9.47 Å². The first kappa shape index (κ1) is 19.5. The lowest BCUT2D eigenvalue weighted by atomic mass is 9.97. The third kappa shape index (κ3) is 6.98. The average molecular weight is 340 g/mol. The van der Waals surface area contributed by atoms with Gasteiger partial charge >= 0.3 is 0 Å². The molecule has 0 aromatic rings. The molecule has 2 unspecified atom stereocenters. The van der Waals surface area contributed by atoms with Gasteiger partial charge in [-0.2, -0.15) is 0 Å². The number of guanidine groups is 1. The number of rotatable bonds is 9. The van der Waals surface area contributed by atoms with Gasteiger partial charge in [-0.15, -0.1) is 0 Å². The minimum absolute atomic E-state index is 0.327. The summed E-state index contributed by atoms with van der Waals surface area (Å²) in [4.78, 5) is 7.23. The minimum Gasteiger partial charge on any atom is -0.379 e. The van der Waals surface area contributed by atoms with Gasteiger partial charge in [0, 0.05) is 39.4 Å². The third-order valence-corrected chi connectivity index (χ3v) is 4.76. The molecule has 0 aromatic heterocycles. The Morgan fingerprint density at radius 1 is 1.38 bits per heavy atom. The van der Waals surface area contributed by atoms with E-state index in [0.29, 0.717) is 6.10 Å². The molecule has 0 aromatic carbocycles. The van der Waals surface area contributed by atoms with Gasteiger partial charge in [0.05, 0.1) is 12.7 Å². The SMILES string of the molecule is CCNC(=NCCCOCC1CCCO1)N1CCC(CC(C)C)C1. The molecule has 5 heteroatoms. The third-order valence-electron chi connectivity index (χ3n) is 4.76. The second-order valence-electron chi connectivity index (χ2n) is 7.53. The fourth-order valence-corrected chi connectivity index (χ4v) is 3.65. The Morgan fingerprint density at radius 3 is 2.96 bits per heavy atom. The van der Waals surface area contributed by atoms with E-state index in [1.54, 1.807) is 0 Å². The zero-order valence-corrected chi connectivity index (χ0v) is 15.9. The summed E-state index contributed by atoms with van der Waals surface area (Å²) in [6, 6.07) is 0. The molecule has 5 nitrogen and oxygen atoms in total. The predicted octanol–water partition coefficient (Wildman–Crippen LogP) is 2.91. The fraction of sp³-hybridized carbons (Fsp3) is 0.947. The van der Waals surface area contributed by atoms with Crippen LogP contribution >= 0.6 is 0 Å². The summed E-state index contributed by atoms with van der Waals surface area (Å²) >= 11 is 0. The lowest BCUT2D eigenvalue weighted by Gasteiger charge is -2.22. The first-order chi connectivity index (χ1) is 11.7. The molecule has 2 heterocycles. The van der Waals surface area contributed by atoms with E-state index >= 15 is 0 Å². The number of nitrogens with one attached hydrogen (secondary N) is 1. The van der Waals surface area contributed by atoms with E-state index < -0.39 is 0 Å². The van der Waals surface area contributed by atoms with Crippen LogP contribution < -0.4 is 5.32 Å². The van der Waals surface area contributed by atoms with Crippen LogP contribution in [0, 0.1) is 11.8 Å². The molecule has 0 radical (unpaired) electrons. The molecule has 0 spiro atoms. The summed E-state index contributed by atoms with van der Waals surface area (Å²) < 4.78 is 11.3. The van der Waals surface area contributed by atoms with Gasteiger partial charge in [-0.3, -0.25) is 4.99 Å². The standard InChI is InChI=1S/C19H37N3O2/c1-4-20-19(22-10-8-17(14-22)13-16(2)3)21-9-6-11-23-15-18-7-5-12-24-18/h16-18H,4-15H2,1-3H3,(H,20,21). The van der Waals surface area contributed by atoms with E-state index in [4.69, 9.17) is 14.5 Å². The molecule has 0 bridgehead atoms. The Balaban J connectivity index is 1.64. The second-order valence-corrected chi connectivity index (χ2v) is 7.53. The van der Waals surface area contributed by atoms with Crippen molar-refractivity contribution in [1.29, 1.82) is 0 Å². The van der Waals surface area contributed by atoms with Gasteiger partial charge in [0.15, 0.2) is 5.96 Å². The Labute approximate surface area is 148 Å². The van der Waals surface area contributed by atoms with Crippen molar-refractivity contribution in [1.82, 2.24) is 10.2 Å². The summed E-state index contributed by atoms with van der Waals surface area (Å²) in [5, 5.41) is 3.45. The van der Waals surface area contributed by atoms with Crippen LogP contribution in [0.25, 0.3) is 0 Å². The zero-order chi connectivity index (χ0) is 17.2. The maximum absolute atomic E-state index is 5.72. The molecule has 2 aliphatic heterocycles. The van der Waals surface area contributed by atoms with E-state index in [2.05, 4.69) is 31.0 Å². The molecule has 1 N–H and O–H groups in total. The molecule has 2 rings (SSSR count). The van der Waals surface area contributed by atoms with Crippen molar-refractivity contribution in [3.63, 3.8) is 0 Å². The predicted molar refractivity (Wildman–Crippen MR) is 99.5 cm³/mol. The number of aliphatic imine (C=N–C) groups is 1. The van der Waals surface area contributed by atoms with Gasteiger partial charge in [0.2, 0.25) is 0 Å². The van der Waals surface area contributed by atoms with Gasteiger partial charge < -0.3 is 19.7 Å². The van der Waals surface area contributed by atoms with Crippen LogP contribution in [0.4, 0.5) is 0 Å². The Hall–Kier alpha value is -0.810. The molecule has 0 saturated carbocycles. The van der Waals surface area contributed by atoms with Crippen molar-refractivity contribution in [3.8, 4) is 0 Å². The van der Waals surface area contributed by atoms with Crippen LogP contribution in [-0.4, -0.2) is 63.0 Å². The first-order valence-electron chi connectivity index (χ1n) is 9.91. The summed E-state index contributed by atoms with van der Waals surface area (Å²) in [6.07, 6.45) is 6.26. The van der Waals surface area contributed by atoms with Crippen LogP contribution in [0.5, 0.6) is 0 Å². The molecule has 2 saturated heterocycles. The highest BCUT2D eigenvalue weighted by Gasteiger charge is 2.25. The first-order valence-corrected chi connectivity index (χ1v) is 9.91. The molecule has 0 amide bonds. The van der Waals surface area contributed by atoms with Crippen LogP contribution in [0.1, 0.15) is 52.9 Å². The van der Waals surface area contributed by atoms with Crippen LogP contribution in [0.15, 0.2) is 4.99 Å². The van der Waals surface area contributed by atoms with Gasteiger partial charge in [0.25, 0.3) is 0 Å². The van der Waals surface area contributed by atoms with Crippen molar-refractivity contribution < 1.29 is 9.47 Å². The second kappa shape index (κ2) is 10.9. The Bertz CT molecular complexity index is 368. The maximum Gasteiger partial charge on any atom is 0.193 e. The van der Waals surface area contributed by atoms with Crippen molar-refractivity contribution in [3.05, 3.63) is 0 Å². The number of nitrogens with zero attached hydrogens (tertiary/aromatic N) is 2.